The van der Waals surface area contributed by atoms with Crippen LogP contribution in [0.2, 0.25) is 0 Å². The first kappa shape index (κ1) is 23.5. The van der Waals surface area contributed by atoms with Crippen LogP contribution in [0.3, 0.4) is 0 Å². The van der Waals surface area contributed by atoms with Gasteiger partial charge in [-0.05, 0) is 69.2 Å². The Balaban J connectivity index is 1.45. The van der Waals surface area contributed by atoms with Crippen molar-refractivity contribution in [3.63, 3.8) is 0 Å². The van der Waals surface area contributed by atoms with E-state index in [1.807, 2.05) is 57.2 Å². The number of benzene rings is 2. The molecule has 0 aliphatic heterocycles. The predicted octanol–water partition coefficient (Wildman–Crippen LogP) is 5.51. The highest BCUT2D eigenvalue weighted by molar-refractivity contribution is 7.16. The lowest BCUT2D eigenvalue weighted by atomic mass is 10.0. The van der Waals surface area contributed by atoms with Crippen molar-refractivity contribution in [3.8, 4) is 22.8 Å². The molecule has 0 aliphatic rings. The van der Waals surface area contributed by atoms with Crippen LogP contribution in [0, 0.1) is 13.8 Å². The normalized spacial score (nSPS) is 10.9. The molecule has 0 radical (unpaired) electrons. The van der Waals surface area contributed by atoms with Crippen molar-refractivity contribution in [2.24, 2.45) is 0 Å². The molecule has 0 saturated carbocycles. The molecule has 7 nitrogen and oxygen atoms in total. The van der Waals surface area contributed by atoms with Crippen LogP contribution >= 0.6 is 11.3 Å². The van der Waals surface area contributed by atoms with Crippen LogP contribution in [0.15, 0.2) is 51.7 Å². The van der Waals surface area contributed by atoms with Crippen LogP contribution in [0.4, 0.5) is 5.13 Å². The standard InChI is InChI=1S/C26H26N2O5S/c1-5-32-18-8-6-17(7-9-18)24-16(3)34-26(28-24)27-23(29)13-12-21-15(2)20-11-10-19(31-4)14-22(20)33-25(21)30/h6-11,14H,5,12-13H2,1-4H3,(H,27,28,29). The summed E-state index contributed by atoms with van der Waals surface area (Å²) in [5.74, 6) is 1.21. The number of carbonyl (C=O) groups is 1. The van der Waals surface area contributed by atoms with Gasteiger partial charge < -0.3 is 19.2 Å². The van der Waals surface area contributed by atoms with Crippen LogP contribution in [-0.4, -0.2) is 24.6 Å². The van der Waals surface area contributed by atoms with E-state index in [2.05, 4.69) is 10.3 Å². The second-order valence-corrected chi connectivity index (χ2v) is 8.99. The third-order valence-electron chi connectivity index (χ3n) is 5.58. The van der Waals surface area contributed by atoms with Gasteiger partial charge in [-0.3, -0.25) is 4.79 Å². The number of nitrogens with one attached hydrogen (secondary N) is 1. The van der Waals surface area contributed by atoms with Crippen LogP contribution in [0.1, 0.15) is 29.3 Å². The molecule has 0 aliphatic carbocycles. The van der Waals surface area contributed by atoms with Crippen molar-refractivity contribution in [2.45, 2.75) is 33.6 Å². The van der Waals surface area contributed by atoms with Gasteiger partial charge in [-0.15, -0.1) is 11.3 Å². The minimum absolute atomic E-state index is 0.143. The fraction of sp³-hybridized carbons (Fsp3) is 0.269. The highest BCUT2D eigenvalue weighted by Crippen LogP contribution is 2.31. The van der Waals surface area contributed by atoms with Crippen LogP contribution < -0.4 is 20.4 Å². The van der Waals surface area contributed by atoms with E-state index in [0.29, 0.717) is 28.6 Å². The van der Waals surface area contributed by atoms with E-state index in [0.717, 1.165) is 32.8 Å². The maximum Gasteiger partial charge on any atom is 0.339 e. The zero-order chi connectivity index (χ0) is 24.2. The SMILES string of the molecule is CCOc1ccc(-c2nc(NC(=O)CCc3c(C)c4ccc(OC)cc4oc3=O)sc2C)cc1. The number of amides is 1. The van der Waals surface area contributed by atoms with E-state index in [1.165, 1.54) is 11.3 Å². The minimum Gasteiger partial charge on any atom is -0.497 e. The summed E-state index contributed by atoms with van der Waals surface area (Å²) in [6, 6.07) is 13.1. The fourth-order valence-electron chi connectivity index (χ4n) is 3.80. The molecule has 1 N–H and O–H groups in total. The summed E-state index contributed by atoms with van der Waals surface area (Å²) in [6.07, 6.45) is 0.419. The van der Waals surface area contributed by atoms with Gasteiger partial charge in [0.2, 0.25) is 5.91 Å². The van der Waals surface area contributed by atoms with Gasteiger partial charge >= 0.3 is 5.63 Å². The molecule has 0 unspecified atom stereocenters. The van der Waals surface area contributed by atoms with Crippen LogP contribution in [0.25, 0.3) is 22.2 Å². The Morgan fingerprint density at radius 3 is 2.56 bits per heavy atom. The number of hydrogen-bond donors (Lipinski definition) is 1. The average Bonchev–Trinajstić information content (AvgIpc) is 3.18. The Bertz CT molecular complexity index is 1390. The molecule has 4 rings (SSSR count). The summed E-state index contributed by atoms with van der Waals surface area (Å²) < 4.78 is 16.2. The first-order valence-electron chi connectivity index (χ1n) is 11.0. The number of fused-ring (bicyclic) bond motifs is 1. The van der Waals surface area contributed by atoms with E-state index in [-0.39, 0.29) is 18.7 Å². The Morgan fingerprint density at radius 1 is 1.12 bits per heavy atom. The van der Waals surface area contributed by atoms with Gasteiger partial charge in [0.05, 0.1) is 19.4 Å². The first-order valence-corrected chi connectivity index (χ1v) is 11.8. The van der Waals surface area contributed by atoms with Crippen LogP contribution in [-0.2, 0) is 11.2 Å². The molecule has 4 aromatic rings. The molecule has 0 bridgehead atoms. The number of carbonyl (C=O) groups excluding carboxylic acids is 1. The van der Waals surface area contributed by atoms with Crippen molar-refractivity contribution in [2.75, 3.05) is 19.0 Å². The van der Waals surface area contributed by atoms with Gasteiger partial charge in [-0.25, -0.2) is 9.78 Å². The maximum atomic E-state index is 12.6. The van der Waals surface area contributed by atoms with E-state index in [4.69, 9.17) is 13.9 Å². The summed E-state index contributed by atoms with van der Waals surface area (Å²) >= 11 is 1.42. The van der Waals surface area contributed by atoms with Gasteiger partial charge in [0, 0.05) is 33.9 Å². The molecular weight excluding hydrogens is 452 g/mol. The number of rotatable bonds is 8. The Hall–Kier alpha value is -3.65. The van der Waals surface area contributed by atoms with Crippen molar-refractivity contribution >= 4 is 33.3 Å². The molecule has 176 valence electrons. The largest absolute Gasteiger partial charge is 0.497 e. The van der Waals surface area contributed by atoms with Gasteiger partial charge in [0.25, 0.3) is 0 Å². The van der Waals surface area contributed by atoms with E-state index in [1.54, 1.807) is 13.2 Å². The summed E-state index contributed by atoms with van der Waals surface area (Å²) in [5.41, 5.74) is 3.12. The molecule has 0 spiro atoms. The third kappa shape index (κ3) is 4.97. The van der Waals surface area contributed by atoms with Crippen LogP contribution in [0.5, 0.6) is 11.5 Å². The molecule has 0 saturated heterocycles. The first-order chi connectivity index (χ1) is 16.4. The number of thiazole rings is 1. The summed E-state index contributed by atoms with van der Waals surface area (Å²) in [4.78, 5) is 30.8. The Kier molecular flexibility index (Phi) is 6.98. The van der Waals surface area contributed by atoms with E-state index in [9.17, 15) is 9.59 Å². The topological polar surface area (TPSA) is 90.7 Å². The summed E-state index contributed by atoms with van der Waals surface area (Å²) in [6.45, 7) is 6.39. The van der Waals surface area contributed by atoms with Crippen molar-refractivity contribution < 1.29 is 18.7 Å². The highest BCUT2D eigenvalue weighted by atomic mass is 32.1. The van der Waals surface area contributed by atoms with Crippen molar-refractivity contribution in [1.82, 2.24) is 4.98 Å². The molecule has 2 heterocycles. The Morgan fingerprint density at radius 2 is 1.85 bits per heavy atom. The second kappa shape index (κ2) is 10.1. The summed E-state index contributed by atoms with van der Waals surface area (Å²) in [7, 11) is 1.56. The summed E-state index contributed by atoms with van der Waals surface area (Å²) in [5, 5.41) is 4.21. The number of anilines is 1. The third-order valence-corrected chi connectivity index (χ3v) is 6.46. The van der Waals surface area contributed by atoms with Gasteiger partial charge in [0.1, 0.15) is 17.1 Å². The lowest BCUT2D eigenvalue weighted by molar-refractivity contribution is -0.116. The van der Waals surface area contributed by atoms with Gasteiger partial charge in [0.15, 0.2) is 5.13 Å². The highest BCUT2D eigenvalue weighted by Gasteiger charge is 2.16. The smallest absolute Gasteiger partial charge is 0.339 e. The number of hydrogen-bond acceptors (Lipinski definition) is 7. The molecular formula is C26H26N2O5S. The molecule has 8 heteroatoms. The van der Waals surface area contributed by atoms with Crippen molar-refractivity contribution in [1.29, 1.82) is 0 Å². The lowest BCUT2D eigenvalue weighted by Crippen LogP contribution is -2.16. The van der Waals surface area contributed by atoms with Crippen molar-refractivity contribution in [3.05, 3.63) is 68.9 Å². The molecule has 0 atom stereocenters. The predicted molar refractivity (Wildman–Crippen MR) is 134 cm³/mol. The Labute approximate surface area is 201 Å². The number of ether oxygens (including phenoxy) is 2. The second-order valence-electron chi connectivity index (χ2n) is 7.78. The van der Waals surface area contributed by atoms with E-state index < -0.39 is 5.63 Å². The van der Waals surface area contributed by atoms with Gasteiger partial charge in [-0.1, -0.05) is 0 Å². The molecule has 0 fully saturated rings. The molecule has 2 aromatic heterocycles. The minimum atomic E-state index is -0.436. The zero-order valence-corrected chi connectivity index (χ0v) is 20.4. The molecule has 34 heavy (non-hydrogen) atoms. The zero-order valence-electron chi connectivity index (χ0n) is 19.6. The monoisotopic (exact) mass is 478 g/mol. The number of methoxy groups -OCH3 is 1. The molecule has 1 amide bonds. The quantitative estimate of drug-likeness (QED) is 0.336. The number of aromatic nitrogens is 1. The van der Waals surface area contributed by atoms with Gasteiger partial charge in [-0.2, -0.15) is 0 Å². The maximum absolute atomic E-state index is 12.6. The van der Waals surface area contributed by atoms with E-state index >= 15 is 0 Å². The number of nitrogens with zero attached hydrogens (tertiary/aromatic N) is 1. The molecule has 2 aromatic carbocycles. The number of aryl methyl sites for hydroxylation is 2. The average molecular weight is 479 g/mol. The fourth-order valence-corrected chi connectivity index (χ4v) is 4.66. The lowest BCUT2D eigenvalue weighted by Gasteiger charge is -2.08.